The van der Waals surface area contributed by atoms with Gasteiger partial charge in [-0.15, -0.1) is 0 Å². The number of pyridine rings is 1. The third-order valence-electron chi connectivity index (χ3n) is 4.62. The highest BCUT2D eigenvalue weighted by Crippen LogP contribution is 2.22. The summed E-state index contributed by atoms with van der Waals surface area (Å²) in [5.41, 5.74) is 5.53. The van der Waals surface area contributed by atoms with Crippen LogP contribution in [0, 0.1) is 0 Å². The van der Waals surface area contributed by atoms with E-state index in [9.17, 15) is 14.4 Å². The molecule has 0 aliphatic carbocycles. The molecule has 0 aromatic carbocycles. The number of amides is 1. The van der Waals surface area contributed by atoms with E-state index in [-0.39, 0.29) is 29.0 Å². The predicted octanol–water partition coefficient (Wildman–Crippen LogP) is -0.0363. The lowest BCUT2D eigenvalue weighted by Gasteiger charge is -2.38. The summed E-state index contributed by atoms with van der Waals surface area (Å²) in [5, 5.41) is 0.220. The molecule has 3 N–H and O–H groups in total. The van der Waals surface area contributed by atoms with Gasteiger partial charge in [0.05, 0.1) is 10.9 Å². The van der Waals surface area contributed by atoms with Crippen molar-refractivity contribution in [2.24, 2.45) is 12.8 Å². The molecule has 0 saturated carbocycles. The van der Waals surface area contributed by atoms with Crippen LogP contribution in [0.2, 0.25) is 0 Å². The summed E-state index contributed by atoms with van der Waals surface area (Å²) in [4.78, 5) is 44.7. The standard InChI is InChI=1S/C16H21N5O3/c1-9(17)12-5-3-4-6-21(12)15(23)10-7-11-13(18-8-10)20(2)16(24)19-14(11)22/h7-9,12H,3-6,17H2,1-2H3,(H,19,22,24)/t9-,12-/m0/s1. The van der Waals surface area contributed by atoms with Crippen molar-refractivity contribution in [1.82, 2.24) is 19.4 Å². The number of likely N-dealkylation sites (tertiary alicyclic amines) is 1. The first kappa shape index (κ1) is 16.4. The Hall–Kier alpha value is -2.48. The zero-order chi connectivity index (χ0) is 17.4. The van der Waals surface area contributed by atoms with Crippen molar-refractivity contribution in [3.63, 3.8) is 0 Å². The monoisotopic (exact) mass is 331 g/mol. The molecule has 3 heterocycles. The number of fused-ring (bicyclic) bond motifs is 1. The number of carbonyl (C=O) groups is 1. The van der Waals surface area contributed by atoms with E-state index in [0.717, 1.165) is 19.3 Å². The molecule has 2 aromatic rings. The Kier molecular flexibility index (Phi) is 4.23. The molecule has 0 spiro atoms. The van der Waals surface area contributed by atoms with Crippen molar-refractivity contribution in [3.8, 4) is 0 Å². The Balaban J connectivity index is 2.04. The van der Waals surface area contributed by atoms with Crippen LogP contribution in [0.1, 0.15) is 36.5 Å². The van der Waals surface area contributed by atoms with Crippen LogP contribution < -0.4 is 17.0 Å². The zero-order valence-corrected chi connectivity index (χ0v) is 13.8. The van der Waals surface area contributed by atoms with Crippen LogP contribution in [-0.2, 0) is 7.05 Å². The number of carbonyl (C=O) groups excluding carboxylic acids is 1. The van der Waals surface area contributed by atoms with Gasteiger partial charge in [-0.1, -0.05) is 0 Å². The van der Waals surface area contributed by atoms with E-state index < -0.39 is 11.2 Å². The summed E-state index contributed by atoms with van der Waals surface area (Å²) in [6.07, 6.45) is 4.27. The van der Waals surface area contributed by atoms with Gasteiger partial charge in [0.2, 0.25) is 0 Å². The number of hydrogen-bond acceptors (Lipinski definition) is 5. The van der Waals surface area contributed by atoms with Gasteiger partial charge >= 0.3 is 5.69 Å². The van der Waals surface area contributed by atoms with Gasteiger partial charge in [0.15, 0.2) is 0 Å². The second kappa shape index (κ2) is 6.20. The average molecular weight is 331 g/mol. The molecule has 1 aliphatic heterocycles. The van der Waals surface area contributed by atoms with E-state index in [2.05, 4.69) is 9.97 Å². The van der Waals surface area contributed by atoms with E-state index in [1.807, 2.05) is 6.92 Å². The highest BCUT2D eigenvalue weighted by Gasteiger charge is 2.30. The van der Waals surface area contributed by atoms with Gasteiger partial charge in [0, 0.05) is 31.9 Å². The Labute approximate surface area is 138 Å². The Morgan fingerprint density at radius 3 is 2.88 bits per heavy atom. The molecule has 3 rings (SSSR count). The number of nitrogens with two attached hydrogens (primary N) is 1. The predicted molar refractivity (Wildman–Crippen MR) is 89.9 cm³/mol. The van der Waals surface area contributed by atoms with Crippen LogP contribution in [-0.4, -0.2) is 44.0 Å². The first-order chi connectivity index (χ1) is 11.4. The summed E-state index contributed by atoms with van der Waals surface area (Å²) >= 11 is 0. The number of aromatic amines is 1. The number of nitrogens with one attached hydrogen (secondary N) is 1. The fourth-order valence-corrected chi connectivity index (χ4v) is 3.28. The van der Waals surface area contributed by atoms with Crippen LogP contribution in [0.5, 0.6) is 0 Å². The Morgan fingerprint density at radius 1 is 1.42 bits per heavy atom. The maximum Gasteiger partial charge on any atom is 0.329 e. The maximum absolute atomic E-state index is 12.9. The van der Waals surface area contributed by atoms with Gasteiger partial charge in [0.1, 0.15) is 5.65 Å². The van der Waals surface area contributed by atoms with Crippen molar-refractivity contribution in [1.29, 1.82) is 0 Å². The van der Waals surface area contributed by atoms with Gasteiger partial charge in [-0.3, -0.25) is 19.1 Å². The molecule has 128 valence electrons. The van der Waals surface area contributed by atoms with Crippen LogP contribution in [0.4, 0.5) is 0 Å². The van der Waals surface area contributed by atoms with Crippen LogP contribution in [0.25, 0.3) is 11.0 Å². The third-order valence-corrected chi connectivity index (χ3v) is 4.62. The molecule has 0 radical (unpaired) electrons. The summed E-state index contributed by atoms with van der Waals surface area (Å²) in [7, 11) is 1.52. The van der Waals surface area contributed by atoms with Gasteiger partial charge in [-0.2, -0.15) is 0 Å². The molecule has 2 aromatic heterocycles. The molecular formula is C16H21N5O3. The summed E-state index contributed by atoms with van der Waals surface area (Å²) < 4.78 is 1.25. The van der Waals surface area contributed by atoms with Gasteiger partial charge in [-0.05, 0) is 32.3 Å². The Morgan fingerprint density at radius 2 is 2.17 bits per heavy atom. The number of aryl methyl sites for hydroxylation is 1. The summed E-state index contributed by atoms with van der Waals surface area (Å²) in [6.45, 7) is 2.54. The molecule has 24 heavy (non-hydrogen) atoms. The van der Waals surface area contributed by atoms with E-state index in [1.54, 1.807) is 4.90 Å². The summed E-state index contributed by atoms with van der Waals surface area (Å²) in [6, 6.07) is 1.36. The number of piperidine rings is 1. The van der Waals surface area contributed by atoms with Gasteiger partial charge in [0.25, 0.3) is 11.5 Å². The van der Waals surface area contributed by atoms with Crippen molar-refractivity contribution >= 4 is 16.9 Å². The SMILES string of the molecule is C[C@H](N)[C@@H]1CCCCN1C(=O)c1cnc2c(c1)c(=O)[nH]c(=O)n2C. The highest BCUT2D eigenvalue weighted by atomic mass is 16.2. The van der Waals surface area contributed by atoms with Crippen molar-refractivity contribution in [2.45, 2.75) is 38.3 Å². The molecule has 1 aliphatic rings. The minimum atomic E-state index is -0.544. The largest absolute Gasteiger partial charge is 0.334 e. The van der Waals surface area contributed by atoms with E-state index in [0.29, 0.717) is 12.1 Å². The first-order valence-corrected chi connectivity index (χ1v) is 8.05. The maximum atomic E-state index is 12.9. The molecule has 1 amide bonds. The lowest BCUT2D eigenvalue weighted by molar-refractivity contribution is 0.0583. The normalized spacial score (nSPS) is 19.5. The second-order valence-corrected chi connectivity index (χ2v) is 6.33. The molecule has 8 heteroatoms. The Bertz CT molecular complexity index is 899. The topological polar surface area (TPSA) is 114 Å². The fourth-order valence-electron chi connectivity index (χ4n) is 3.28. The van der Waals surface area contributed by atoms with E-state index >= 15 is 0 Å². The zero-order valence-electron chi connectivity index (χ0n) is 13.8. The minimum absolute atomic E-state index is 0.0136. The lowest BCUT2D eigenvalue weighted by Crippen LogP contribution is -2.51. The van der Waals surface area contributed by atoms with Crippen molar-refractivity contribution in [2.75, 3.05) is 6.54 Å². The highest BCUT2D eigenvalue weighted by molar-refractivity contribution is 5.97. The average Bonchev–Trinajstić information content (AvgIpc) is 2.58. The van der Waals surface area contributed by atoms with E-state index in [1.165, 1.54) is 23.9 Å². The van der Waals surface area contributed by atoms with Crippen LogP contribution >= 0.6 is 0 Å². The minimum Gasteiger partial charge on any atom is -0.334 e. The van der Waals surface area contributed by atoms with Crippen molar-refractivity contribution in [3.05, 3.63) is 38.7 Å². The van der Waals surface area contributed by atoms with Crippen LogP contribution in [0.15, 0.2) is 21.9 Å². The smallest absolute Gasteiger partial charge is 0.329 e. The number of H-pyrrole nitrogens is 1. The van der Waals surface area contributed by atoms with E-state index in [4.69, 9.17) is 5.73 Å². The van der Waals surface area contributed by atoms with Crippen molar-refractivity contribution < 1.29 is 4.79 Å². The van der Waals surface area contributed by atoms with Gasteiger partial charge in [-0.25, -0.2) is 9.78 Å². The quantitative estimate of drug-likeness (QED) is 0.802. The molecule has 0 bridgehead atoms. The fraction of sp³-hybridized carbons (Fsp3) is 0.500. The number of rotatable bonds is 2. The van der Waals surface area contributed by atoms with Gasteiger partial charge < -0.3 is 10.6 Å². The molecule has 8 nitrogen and oxygen atoms in total. The molecule has 0 unspecified atom stereocenters. The van der Waals surface area contributed by atoms with Crippen LogP contribution in [0.3, 0.4) is 0 Å². The molecular weight excluding hydrogens is 310 g/mol. The molecule has 2 atom stereocenters. The lowest BCUT2D eigenvalue weighted by atomic mass is 9.96. The third kappa shape index (κ3) is 2.73. The number of hydrogen-bond donors (Lipinski definition) is 2. The molecule has 1 saturated heterocycles. The summed E-state index contributed by atoms with van der Waals surface area (Å²) in [5.74, 6) is -0.181. The first-order valence-electron chi connectivity index (χ1n) is 8.05. The number of aromatic nitrogens is 3. The number of nitrogens with zero attached hydrogens (tertiary/aromatic N) is 3. The molecule has 1 fully saturated rings. The second-order valence-electron chi connectivity index (χ2n) is 6.33.